The minimum absolute atomic E-state index is 0.0860. The Morgan fingerprint density at radius 2 is 1.11 bits per heavy atom. The normalized spacial score (nSPS) is 19.1. The van der Waals surface area contributed by atoms with Crippen molar-refractivity contribution >= 4 is 60.9 Å². The van der Waals surface area contributed by atoms with Crippen molar-refractivity contribution in [3.05, 3.63) is 54.1 Å². The fourth-order valence-electron chi connectivity index (χ4n) is 13.7. The summed E-state index contributed by atoms with van der Waals surface area (Å²) in [6.45, 7) is 51.8. The molecule has 0 radical (unpaired) electrons. The van der Waals surface area contributed by atoms with Crippen molar-refractivity contribution in [1.82, 2.24) is 4.57 Å². The average Bonchev–Trinajstić information content (AvgIpc) is 3.58. The molecule has 0 spiro atoms. The van der Waals surface area contributed by atoms with E-state index in [0.29, 0.717) is 39.9 Å². The predicted molar refractivity (Wildman–Crippen MR) is 279 cm³/mol. The Hall–Kier alpha value is -2.36. The quantitative estimate of drug-likeness (QED) is 0.118. The van der Waals surface area contributed by atoms with Crippen molar-refractivity contribution in [3.8, 4) is 11.4 Å². The summed E-state index contributed by atoms with van der Waals surface area (Å²) in [4.78, 5) is 0. The third kappa shape index (κ3) is 8.73. The molecule has 63 heavy (non-hydrogen) atoms. The first-order valence-corrected chi connectivity index (χ1v) is 29.4. The zero-order chi connectivity index (χ0) is 47.0. The zero-order valence-electron chi connectivity index (χ0n) is 43.9. The Kier molecular flexibility index (Phi) is 14.1. The van der Waals surface area contributed by atoms with Crippen molar-refractivity contribution in [2.75, 3.05) is 13.2 Å². The van der Waals surface area contributed by atoms with E-state index in [1.807, 2.05) is 0 Å². The second kappa shape index (κ2) is 17.7. The lowest BCUT2D eigenvalue weighted by atomic mass is 9.69. The minimum atomic E-state index is -2.05. The molecule has 5 nitrogen and oxygen atoms in total. The lowest BCUT2D eigenvalue weighted by Crippen LogP contribution is -2.55. The Morgan fingerprint density at radius 1 is 0.667 bits per heavy atom. The molecule has 2 fully saturated rings. The number of hydrogen-bond acceptors (Lipinski definition) is 4. The third-order valence-corrected chi connectivity index (χ3v) is 30.6. The van der Waals surface area contributed by atoms with Gasteiger partial charge in [0.2, 0.25) is 0 Å². The second-order valence-corrected chi connectivity index (χ2v) is 36.5. The van der Waals surface area contributed by atoms with E-state index >= 15 is 0 Å². The van der Waals surface area contributed by atoms with Gasteiger partial charge >= 0.3 is 7.12 Å². The van der Waals surface area contributed by atoms with Crippen molar-refractivity contribution in [2.24, 2.45) is 5.41 Å². The molecule has 3 heterocycles. The zero-order valence-corrected chi connectivity index (χ0v) is 45.9. The molecule has 0 N–H and O–H groups in total. The van der Waals surface area contributed by atoms with E-state index in [4.69, 9.17) is 18.8 Å². The van der Waals surface area contributed by atoms with E-state index < -0.39 is 34.5 Å². The van der Waals surface area contributed by atoms with Crippen LogP contribution in [-0.4, -0.2) is 58.4 Å². The van der Waals surface area contributed by atoms with Crippen molar-refractivity contribution in [3.63, 3.8) is 0 Å². The fourth-order valence-corrected chi connectivity index (χ4v) is 27.2. The fraction of sp³-hybridized carbons (Fsp3) is 0.673. The van der Waals surface area contributed by atoms with E-state index in [-0.39, 0.29) is 16.9 Å². The smallest absolute Gasteiger partial charge is 0.486 e. The number of fused-ring (bicyclic) bond motifs is 3. The first kappa shape index (κ1) is 50.1. The van der Waals surface area contributed by atoms with Gasteiger partial charge in [-0.25, -0.2) is 0 Å². The maximum absolute atomic E-state index is 7.49. The van der Waals surface area contributed by atoms with Gasteiger partial charge in [0.1, 0.15) is 11.9 Å². The van der Waals surface area contributed by atoms with Gasteiger partial charge in [0.25, 0.3) is 0 Å². The van der Waals surface area contributed by atoms with Crippen LogP contribution in [0.4, 0.5) is 0 Å². The lowest BCUT2D eigenvalue weighted by molar-refractivity contribution is 0.00578. The lowest BCUT2D eigenvalue weighted by Gasteiger charge is -2.43. The highest BCUT2D eigenvalue weighted by Crippen LogP contribution is 2.47. The Balaban J connectivity index is 1.86. The monoisotopic (exact) mass is 894 g/mol. The highest BCUT2D eigenvalue weighted by atomic mass is 28.3. The molecular formula is C55H88BNO4Si2. The molecule has 1 atom stereocenters. The van der Waals surface area contributed by atoms with Crippen molar-refractivity contribution < 1.29 is 18.8 Å². The summed E-state index contributed by atoms with van der Waals surface area (Å²) in [5, 5.41) is 5.70. The molecule has 2 aliphatic rings. The van der Waals surface area contributed by atoms with Gasteiger partial charge in [-0.05, 0) is 115 Å². The molecular weight excluding hydrogens is 806 g/mol. The number of hydrogen-bond donors (Lipinski definition) is 0. The van der Waals surface area contributed by atoms with Crippen LogP contribution in [0.5, 0.6) is 5.75 Å². The molecule has 1 unspecified atom stereocenters. The van der Waals surface area contributed by atoms with Crippen LogP contribution in [0.1, 0.15) is 170 Å². The Bertz CT molecular complexity index is 2100. The summed E-state index contributed by atoms with van der Waals surface area (Å²) >= 11 is 0. The predicted octanol–water partition coefficient (Wildman–Crippen LogP) is 14.1. The molecule has 0 amide bonds. The highest BCUT2D eigenvalue weighted by molar-refractivity contribution is 6.95. The summed E-state index contributed by atoms with van der Waals surface area (Å²) in [6.07, 6.45) is 2.84. The maximum atomic E-state index is 7.49. The van der Waals surface area contributed by atoms with E-state index in [1.165, 1.54) is 27.4 Å². The largest absolute Gasteiger partial charge is 0.498 e. The van der Waals surface area contributed by atoms with E-state index in [9.17, 15) is 0 Å². The standard InChI is InChI=1S/C55H88BNO4Si2/c1-35(2)62(36(3)4,37(5)6)43-24-26-45-46-27-25-44(63(38(7)8,39(9)10)40(11)12)32-49(46)57(48(45)31-43)50-30-41(53(16,17)34-52(13,14)15)29-47(51(50)59-42-23-22-28-58-33-42)56-60-54(18,19)55(20,21)61-56/h24-27,29-32,35-40,42H,22-23,28,33-34H2,1-21H3. The summed E-state index contributed by atoms with van der Waals surface area (Å²) < 4.78 is 30.4. The first-order valence-electron chi connectivity index (χ1n) is 24.9. The topological polar surface area (TPSA) is 41.9 Å². The van der Waals surface area contributed by atoms with Gasteiger partial charge in [0.15, 0.2) is 0 Å². The van der Waals surface area contributed by atoms with Gasteiger partial charge in [0, 0.05) is 22.8 Å². The molecule has 4 aromatic rings. The van der Waals surface area contributed by atoms with Crippen LogP contribution >= 0.6 is 0 Å². The van der Waals surface area contributed by atoms with E-state index in [2.05, 4.69) is 198 Å². The average molecular weight is 894 g/mol. The molecule has 0 aliphatic carbocycles. The molecule has 2 saturated heterocycles. The van der Waals surface area contributed by atoms with Crippen molar-refractivity contribution in [1.29, 1.82) is 0 Å². The summed E-state index contributed by atoms with van der Waals surface area (Å²) in [5.41, 5.74) is 8.23. The van der Waals surface area contributed by atoms with Crippen molar-refractivity contribution in [2.45, 2.75) is 221 Å². The van der Waals surface area contributed by atoms with Crippen LogP contribution in [-0.2, 0) is 19.5 Å². The number of nitrogens with zero attached hydrogens (tertiary/aromatic N) is 1. The van der Waals surface area contributed by atoms with Crippen LogP contribution < -0.4 is 20.6 Å². The van der Waals surface area contributed by atoms with E-state index in [0.717, 1.165) is 42.8 Å². The minimum Gasteiger partial charge on any atom is -0.486 e. The first-order chi connectivity index (χ1) is 29.0. The molecule has 348 valence electrons. The highest BCUT2D eigenvalue weighted by Gasteiger charge is 2.53. The van der Waals surface area contributed by atoms with Gasteiger partial charge in [-0.1, -0.05) is 158 Å². The van der Waals surface area contributed by atoms with Gasteiger partial charge in [0.05, 0.1) is 50.7 Å². The van der Waals surface area contributed by atoms with Crippen LogP contribution in [0, 0.1) is 5.41 Å². The third-order valence-electron chi connectivity index (χ3n) is 16.5. The number of aromatic nitrogens is 1. The SMILES string of the molecule is CC(C)[Si](c1ccc2c3ccc([Si](C(C)C)(C(C)C)C(C)C)cc3n(-c3cc(C(C)(C)CC(C)(C)C)cc(B4OC(C)(C)C(C)(C)O4)c3OC3CCCOC3)c2c1)(C(C)C)C(C)C. The Labute approximate surface area is 387 Å². The van der Waals surface area contributed by atoms with Crippen LogP contribution in [0.25, 0.3) is 27.5 Å². The molecule has 2 aliphatic heterocycles. The van der Waals surface area contributed by atoms with Gasteiger partial charge in [-0.2, -0.15) is 0 Å². The van der Waals surface area contributed by atoms with Gasteiger partial charge < -0.3 is 23.3 Å². The van der Waals surface area contributed by atoms with Crippen LogP contribution in [0.2, 0.25) is 33.2 Å². The molecule has 3 aromatic carbocycles. The van der Waals surface area contributed by atoms with E-state index in [1.54, 1.807) is 10.4 Å². The summed E-state index contributed by atoms with van der Waals surface area (Å²) in [7, 11) is -4.72. The van der Waals surface area contributed by atoms with Crippen LogP contribution in [0.15, 0.2) is 48.5 Å². The Morgan fingerprint density at radius 3 is 1.49 bits per heavy atom. The summed E-state index contributed by atoms with van der Waals surface area (Å²) in [6, 6.07) is 20.1. The molecule has 0 saturated carbocycles. The maximum Gasteiger partial charge on any atom is 0.498 e. The molecule has 8 heteroatoms. The van der Waals surface area contributed by atoms with Gasteiger partial charge in [-0.3, -0.25) is 0 Å². The molecule has 6 rings (SSSR count). The molecule has 0 bridgehead atoms. The second-order valence-electron chi connectivity index (χ2n) is 24.7. The van der Waals surface area contributed by atoms with Crippen LogP contribution in [0.3, 0.4) is 0 Å². The number of ether oxygens (including phenoxy) is 2. The summed E-state index contributed by atoms with van der Waals surface area (Å²) in [5.74, 6) is 0.856. The number of benzene rings is 3. The number of rotatable bonds is 14. The van der Waals surface area contributed by atoms with Gasteiger partial charge in [-0.15, -0.1) is 0 Å². The molecule has 1 aromatic heterocycles.